The number of allylic oxidation sites excluding steroid dienone is 1. The first-order chi connectivity index (χ1) is 14.1. The highest BCUT2D eigenvalue weighted by Crippen LogP contribution is 2.28. The first kappa shape index (κ1) is 27.4. The van der Waals surface area contributed by atoms with Crippen LogP contribution in [0.3, 0.4) is 0 Å². The lowest BCUT2D eigenvalue weighted by Crippen LogP contribution is -2.49. The van der Waals surface area contributed by atoms with Gasteiger partial charge in [0, 0.05) is 43.4 Å². The van der Waals surface area contributed by atoms with Crippen LogP contribution in [0.25, 0.3) is 0 Å². The van der Waals surface area contributed by atoms with Gasteiger partial charge in [-0.05, 0) is 42.3 Å². The number of rotatable bonds is 9. The molecule has 1 saturated heterocycles. The van der Waals surface area contributed by atoms with Crippen LogP contribution in [0.5, 0.6) is 11.5 Å². The van der Waals surface area contributed by atoms with Crippen LogP contribution in [0.2, 0.25) is 5.02 Å². The van der Waals surface area contributed by atoms with Gasteiger partial charge in [0.05, 0.1) is 7.11 Å². The molecule has 0 amide bonds. The van der Waals surface area contributed by atoms with E-state index >= 15 is 0 Å². The topological polar surface area (TPSA) is 45.2 Å². The van der Waals surface area contributed by atoms with Crippen LogP contribution in [-0.2, 0) is 6.42 Å². The van der Waals surface area contributed by atoms with E-state index in [4.69, 9.17) is 21.1 Å². The van der Waals surface area contributed by atoms with Crippen molar-refractivity contribution in [2.45, 2.75) is 12.5 Å². The number of ether oxygens (including phenoxy) is 2. The number of anilines is 1. The van der Waals surface area contributed by atoms with Gasteiger partial charge in [0.1, 0.15) is 12.7 Å². The van der Waals surface area contributed by atoms with Gasteiger partial charge in [0.25, 0.3) is 0 Å². The van der Waals surface area contributed by atoms with Crippen molar-refractivity contribution in [1.82, 2.24) is 4.90 Å². The van der Waals surface area contributed by atoms with Crippen LogP contribution in [-0.4, -0.2) is 62.6 Å². The fourth-order valence-corrected chi connectivity index (χ4v) is 3.71. The van der Waals surface area contributed by atoms with E-state index < -0.39 is 6.10 Å². The van der Waals surface area contributed by atoms with E-state index in [0.717, 1.165) is 48.9 Å². The number of benzene rings is 2. The fourth-order valence-electron chi connectivity index (χ4n) is 3.52. The summed E-state index contributed by atoms with van der Waals surface area (Å²) < 4.78 is 11.2. The van der Waals surface area contributed by atoms with Crippen molar-refractivity contribution in [2.24, 2.45) is 0 Å². The highest BCUT2D eigenvalue weighted by Gasteiger charge is 2.20. The molecule has 0 aliphatic carbocycles. The number of nitrogens with zero attached hydrogens (tertiary/aromatic N) is 2. The Kier molecular flexibility index (Phi) is 12.1. The minimum Gasteiger partial charge on any atom is -0.493 e. The Bertz CT molecular complexity index is 814. The highest BCUT2D eigenvalue weighted by atomic mass is 35.5. The van der Waals surface area contributed by atoms with Gasteiger partial charge in [-0.2, -0.15) is 0 Å². The number of methoxy groups -OCH3 is 1. The van der Waals surface area contributed by atoms with E-state index in [1.54, 1.807) is 7.11 Å². The number of piperazine rings is 1. The maximum absolute atomic E-state index is 10.4. The molecule has 1 aliphatic heterocycles. The lowest BCUT2D eigenvalue weighted by Gasteiger charge is -2.36. The van der Waals surface area contributed by atoms with E-state index in [9.17, 15) is 5.11 Å². The van der Waals surface area contributed by atoms with Crippen molar-refractivity contribution in [2.75, 3.05) is 51.3 Å². The summed E-state index contributed by atoms with van der Waals surface area (Å²) in [5.74, 6) is 1.32. The van der Waals surface area contributed by atoms with E-state index in [-0.39, 0.29) is 31.4 Å². The first-order valence-electron chi connectivity index (χ1n) is 9.90. The zero-order chi connectivity index (χ0) is 20.6. The van der Waals surface area contributed by atoms with Crippen LogP contribution in [0.15, 0.2) is 55.1 Å². The summed E-state index contributed by atoms with van der Waals surface area (Å²) in [5.41, 5.74) is 2.26. The zero-order valence-electron chi connectivity index (χ0n) is 17.7. The summed E-state index contributed by atoms with van der Waals surface area (Å²) in [6.07, 6.45) is 2.07. The molecular formula is C23H31Cl3N2O3. The summed E-state index contributed by atoms with van der Waals surface area (Å²) in [4.78, 5) is 4.58. The molecule has 172 valence electrons. The van der Waals surface area contributed by atoms with Crippen molar-refractivity contribution < 1.29 is 14.6 Å². The van der Waals surface area contributed by atoms with Gasteiger partial charge in [0.15, 0.2) is 11.5 Å². The number of hydrogen-bond acceptors (Lipinski definition) is 5. The van der Waals surface area contributed by atoms with Crippen molar-refractivity contribution in [3.05, 3.63) is 65.7 Å². The molecule has 2 aromatic rings. The van der Waals surface area contributed by atoms with Gasteiger partial charge in [0.2, 0.25) is 0 Å². The smallest absolute Gasteiger partial charge is 0.161 e. The Morgan fingerprint density at radius 3 is 2.48 bits per heavy atom. The van der Waals surface area contributed by atoms with Crippen LogP contribution in [0.4, 0.5) is 5.69 Å². The average Bonchev–Trinajstić information content (AvgIpc) is 2.73. The molecule has 1 N–H and O–H groups in total. The molecule has 3 rings (SSSR count). The van der Waals surface area contributed by atoms with Gasteiger partial charge < -0.3 is 19.5 Å². The first-order valence-corrected chi connectivity index (χ1v) is 10.3. The van der Waals surface area contributed by atoms with Gasteiger partial charge in [-0.25, -0.2) is 0 Å². The molecule has 5 nitrogen and oxygen atoms in total. The van der Waals surface area contributed by atoms with Gasteiger partial charge in [-0.3, -0.25) is 4.90 Å². The average molecular weight is 490 g/mol. The van der Waals surface area contributed by atoms with Crippen LogP contribution < -0.4 is 14.4 Å². The molecule has 0 aromatic heterocycles. The number of β-amino-alcohol motifs (C(OH)–C–C–N with tert-alkyl or cyclic N) is 1. The molecule has 0 spiro atoms. The summed E-state index contributed by atoms with van der Waals surface area (Å²) in [6, 6.07) is 13.8. The van der Waals surface area contributed by atoms with E-state index in [1.165, 1.54) is 0 Å². The molecule has 31 heavy (non-hydrogen) atoms. The molecule has 1 atom stereocenters. The Labute approximate surface area is 202 Å². The fraction of sp³-hybridized carbons (Fsp3) is 0.391. The number of aliphatic hydroxyl groups is 1. The second-order valence-electron chi connectivity index (χ2n) is 7.21. The second kappa shape index (κ2) is 13.7. The predicted molar refractivity (Wildman–Crippen MR) is 133 cm³/mol. The van der Waals surface area contributed by atoms with Crippen molar-refractivity contribution in [3.8, 4) is 11.5 Å². The maximum Gasteiger partial charge on any atom is 0.161 e. The standard InChI is InChI=1S/C23H29ClN2O3.2ClH/c1-3-5-18-8-9-22(23(14-18)28-2)29-17-21(27)16-25-10-12-26(13-11-25)20-7-4-6-19(24)15-20;;/h3-4,6-9,14-15,21,27H,1,5,10-13,16-17H2,2H3;2*1H. The molecule has 2 aromatic carbocycles. The quantitative estimate of drug-likeness (QED) is 0.526. The summed E-state index contributed by atoms with van der Waals surface area (Å²) in [5, 5.41) is 11.2. The van der Waals surface area contributed by atoms with Crippen molar-refractivity contribution in [3.63, 3.8) is 0 Å². The third kappa shape index (κ3) is 8.09. The minimum atomic E-state index is -0.565. The Morgan fingerprint density at radius 2 is 1.84 bits per heavy atom. The van der Waals surface area contributed by atoms with Crippen molar-refractivity contribution in [1.29, 1.82) is 0 Å². The van der Waals surface area contributed by atoms with Gasteiger partial charge in [-0.15, -0.1) is 31.4 Å². The Hall–Kier alpha value is -1.63. The van der Waals surface area contributed by atoms with Gasteiger partial charge >= 0.3 is 0 Å². The second-order valence-corrected chi connectivity index (χ2v) is 7.65. The minimum absolute atomic E-state index is 0. The third-order valence-electron chi connectivity index (χ3n) is 5.05. The zero-order valence-corrected chi connectivity index (χ0v) is 20.1. The van der Waals surface area contributed by atoms with E-state index in [2.05, 4.69) is 22.4 Å². The van der Waals surface area contributed by atoms with Crippen LogP contribution in [0, 0.1) is 0 Å². The third-order valence-corrected chi connectivity index (χ3v) is 5.29. The lowest BCUT2D eigenvalue weighted by atomic mass is 10.1. The number of halogens is 3. The Morgan fingerprint density at radius 1 is 1.10 bits per heavy atom. The lowest BCUT2D eigenvalue weighted by molar-refractivity contribution is 0.0653. The van der Waals surface area contributed by atoms with E-state index in [1.807, 2.05) is 42.5 Å². The molecule has 1 aliphatic rings. The molecule has 1 heterocycles. The summed E-state index contributed by atoms with van der Waals surface area (Å²) in [6.45, 7) is 8.17. The van der Waals surface area contributed by atoms with Crippen LogP contribution >= 0.6 is 36.4 Å². The summed E-state index contributed by atoms with van der Waals surface area (Å²) >= 11 is 6.10. The van der Waals surface area contributed by atoms with Gasteiger partial charge in [-0.1, -0.05) is 29.8 Å². The molecule has 0 radical (unpaired) electrons. The molecule has 1 fully saturated rings. The molecular weight excluding hydrogens is 459 g/mol. The predicted octanol–water partition coefficient (Wildman–Crippen LogP) is 4.48. The van der Waals surface area contributed by atoms with E-state index in [0.29, 0.717) is 18.0 Å². The number of aliphatic hydroxyl groups excluding tert-OH is 1. The maximum atomic E-state index is 10.4. The monoisotopic (exact) mass is 488 g/mol. The van der Waals surface area contributed by atoms with Crippen molar-refractivity contribution >= 4 is 42.1 Å². The number of hydrogen-bond donors (Lipinski definition) is 1. The molecule has 1 unspecified atom stereocenters. The SMILES string of the molecule is C=CCc1ccc(OCC(O)CN2CCN(c3cccc(Cl)c3)CC2)c(OC)c1.Cl.Cl. The van der Waals surface area contributed by atoms with Crippen LogP contribution in [0.1, 0.15) is 5.56 Å². The highest BCUT2D eigenvalue weighted by molar-refractivity contribution is 6.30. The summed E-state index contributed by atoms with van der Waals surface area (Å²) in [7, 11) is 1.62. The largest absolute Gasteiger partial charge is 0.493 e. The molecule has 0 saturated carbocycles. The molecule has 8 heteroatoms. The molecule has 0 bridgehead atoms. The normalized spacial score (nSPS) is 14.7. The Balaban J connectivity index is 0.00000240.